The maximum atomic E-state index is 12.9. The Kier molecular flexibility index (Phi) is 4.55. The number of aliphatic hydroxyl groups excluding tert-OH is 1. The van der Waals surface area contributed by atoms with Crippen LogP contribution in [0.25, 0.3) is 0 Å². The summed E-state index contributed by atoms with van der Waals surface area (Å²) in [6, 6.07) is 0.885. The van der Waals surface area contributed by atoms with Crippen LogP contribution in [0.4, 0.5) is 24.9 Å². The average Bonchev–Trinajstić information content (AvgIpc) is 2.87. The number of alkyl halides is 3. The minimum Gasteiger partial charge on any atom is -0.394 e. The van der Waals surface area contributed by atoms with E-state index >= 15 is 0 Å². The highest BCUT2D eigenvalue weighted by Gasteiger charge is 2.36. The summed E-state index contributed by atoms with van der Waals surface area (Å²) in [7, 11) is 0. The number of hydrogen-bond acceptors (Lipinski definition) is 5. The molecule has 5 nitrogen and oxygen atoms in total. The molecule has 0 aromatic carbocycles. The van der Waals surface area contributed by atoms with Crippen molar-refractivity contribution in [2.24, 2.45) is 0 Å². The highest BCUT2D eigenvalue weighted by atomic mass is 19.4. The molecule has 0 spiro atoms. The third-order valence-electron chi connectivity index (χ3n) is 3.61. The lowest BCUT2D eigenvalue weighted by atomic mass is 9.99. The molecule has 0 amide bonds. The number of nitrogens with one attached hydrogen (secondary N) is 2. The summed E-state index contributed by atoms with van der Waals surface area (Å²) in [5.41, 5.74) is -1.58. The molecule has 0 saturated heterocycles. The fraction of sp³-hybridized carbons (Fsp3) is 0.692. The number of nitrogens with zero attached hydrogens (tertiary/aromatic N) is 2. The first-order chi connectivity index (χ1) is 9.88. The van der Waals surface area contributed by atoms with Crippen molar-refractivity contribution >= 4 is 11.8 Å². The van der Waals surface area contributed by atoms with Crippen LogP contribution in [0.3, 0.4) is 0 Å². The van der Waals surface area contributed by atoms with Crippen molar-refractivity contribution in [2.75, 3.05) is 23.8 Å². The number of aromatic nitrogens is 2. The standard InChI is InChI=1S/C13H19F3N4O/c1-2-17-11-18-9(13(14,15)16)7-10(19-11)20-12(8-21)5-3-4-6-12/h7,21H,2-6,8H2,1H3,(H2,17,18,19,20). The summed E-state index contributed by atoms with van der Waals surface area (Å²) in [5, 5.41) is 15.2. The lowest BCUT2D eigenvalue weighted by Crippen LogP contribution is -2.39. The first kappa shape index (κ1) is 15.8. The third kappa shape index (κ3) is 3.75. The van der Waals surface area contributed by atoms with Crippen LogP contribution in [0.5, 0.6) is 0 Å². The minimum atomic E-state index is -4.54. The second kappa shape index (κ2) is 6.05. The number of anilines is 2. The smallest absolute Gasteiger partial charge is 0.394 e. The molecule has 1 saturated carbocycles. The highest BCUT2D eigenvalue weighted by molar-refractivity contribution is 5.45. The Balaban J connectivity index is 2.31. The molecule has 1 heterocycles. The Labute approximate surface area is 121 Å². The predicted octanol–water partition coefficient (Wildman–Crippen LogP) is 2.64. The highest BCUT2D eigenvalue weighted by Crippen LogP contribution is 2.34. The van der Waals surface area contributed by atoms with Gasteiger partial charge in [0, 0.05) is 12.6 Å². The molecule has 0 radical (unpaired) electrons. The van der Waals surface area contributed by atoms with Gasteiger partial charge in [-0.2, -0.15) is 18.2 Å². The SMILES string of the molecule is CCNc1nc(NC2(CO)CCCC2)cc(C(F)(F)F)n1. The minimum absolute atomic E-state index is 0.0686. The molecule has 0 bridgehead atoms. The van der Waals surface area contributed by atoms with Gasteiger partial charge >= 0.3 is 6.18 Å². The van der Waals surface area contributed by atoms with Crippen molar-refractivity contribution in [1.82, 2.24) is 9.97 Å². The second-order valence-corrected chi connectivity index (χ2v) is 5.26. The van der Waals surface area contributed by atoms with Gasteiger partial charge in [-0.05, 0) is 19.8 Å². The zero-order chi connectivity index (χ0) is 15.5. The first-order valence-corrected chi connectivity index (χ1v) is 6.98. The summed E-state index contributed by atoms with van der Waals surface area (Å²) < 4.78 is 38.7. The Morgan fingerprint density at radius 3 is 2.48 bits per heavy atom. The van der Waals surface area contributed by atoms with Crippen LogP contribution < -0.4 is 10.6 Å². The average molecular weight is 304 g/mol. The van der Waals surface area contributed by atoms with E-state index in [0.717, 1.165) is 18.9 Å². The molecule has 0 unspecified atom stereocenters. The van der Waals surface area contributed by atoms with Crippen LogP contribution in [0.2, 0.25) is 0 Å². The maximum Gasteiger partial charge on any atom is 0.433 e. The molecule has 1 aliphatic carbocycles. The number of halogens is 3. The molecular weight excluding hydrogens is 285 g/mol. The fourth-order valence-corrected chi connectivity index (χ4v) is 2.54. The van der Waals surface area contributed by atoms with Gasteiger partial charge in [-0.1, -0.05) is 12.8 Å². The van der Waals surface area contributed by atoms with Gasteiger partial charge in [-0.15, -0.1) is 0 Å². The van der Waals surface area contributed by atoms with Gasteiger partial charge < -0.3 is 15.7 Å². The molecule has 1 aromatic rings. The molecule has 0 atom stereocenters. The summed E-state index contributed by atoms with van der Waals surface area (Å²) in [6.45, 7) is 2.05. The third-order valence-corrected chi connectivity index (χ3v) is 3.61. The predicted molar refractivity (Wildman–Crippen MR) is 73.1 cm³/mol. The van der Waals surface area contributed by atoms with Crippen LogP contribution >= 0.6 is 0 Å². The number of hydrogen-bond donors (Lipinski definition) is 3. The molecule has 1 aromatic heterocycles. The second-order valence-electron chi connectivity index (χ2n) is 5.26. The van der Waals surface area contributed by atoms with Crippen molar-refractivity contribution in [2.45, 2.75) is 44.3 Å². The van der Waals surface area contributed by atoms with Crippen molar-refractivity contribution in [3.63, 3.8) is 0 Å². The van der Waals surface area contributed by atoms with Crippen molar-refractivity contribution < 1.29 is 18.3 Å². The molecule has 1 aliphatic rings. The maximum absolute atomic E-state index is 12.9. The van der Waals surface area contributed by atoms with Crippen LogP contribution in [0, 0.1) is 0 Å². The van der Waals surface area contributed by atoms with Gasteiger partial charge in [0.15, 0.2) is 5.69 Å². The Hall–Kier alpha value is -1.57. The summed E-state index contributed by atoms with van der Waals surface area (Å²) in [5.74, 6) is 0.0186. The van der Waals surface area contributed by atoms with Crippen molar-refractivity contribution in [3.8, 4) is 0 Å². The van der Waals surface area contributed by atoms with E-state index in [1.807, 2.05) is 0 Å². The van der Waals surface area contributed by atoms with E-state index in [4.69, 9.17) is 0 Å². The van der Waals surface area contributed by atoms with Crippen molar-refractivity contribution in [1.29, 1.82) is 0 Å². The van der Waals surface area contributed by atoms with Crippen LogP contribution in [-0.2, 0) is 6.18 Å². The van der Waals surface area contributed by atoms with E-state index in [1.54, 1.807) is 6.92 Å². The Morgan fingerprint density at radius 2 is 1.95 bits per heavy atom. The van der Waals surface area contributed by atoms with E-state index in [1.165, 1.54) is 0 Å². The summed E-state index contributed by atoms with van der Waals surface area (Å²) in [6.07, 6.45) is -1.24. The lowest BCUT2D eigenvalue weighted by Gasteiger charge is -2.29. The van der Waals surface area contributed by atoms with E-state index in [-0.39, 0.29) is 18.4 Å². The number of aliphatic hydroxyl groups is 1. The van der Waals surface area contributed by atoms with Gasteiger partial charge in [0.1, 0.15) is 5.82 Å². The molecule has 21 heavy (non-hydrogen) atoms. The molecule has 3 N–H and O–H groups in total. The number of rotatable bonds is 5. The van der Waals surface area contributed by atoms with Gasteiger partial charge in [0.2, 0.25) is 5.95 Å². The lowest BCUT2D eigenvalue weighted by molar-refractivity contribution is -0.141. The largest absolute Gasteiger partial charge is 0.433 e. The Morgan fingerprint density at radius 1 is 1.29 bits per heavy atom. The van der Waals surface area contributed by atoms with Gasteiger partial charge in [-0.25, -0.2) is 4.98 Å². The van der Waals surface area contributed by atoms with E-state index in [2.05, 4.69) is 20.6 Å². The van der Waals surface area contributed by atoms with Crippen LogP contribution in [-0.4, -0.2) is 33.8 Å². The topological polar surface area (TPSA) is 70.1 Å². The monoisotopic (exact) mass is 304 g/mol. The van der Waals surface area contributed by atoms with Gasteiger partial charge in [-0.3, -0.25) is 0 Å². The zero-order valence-electron chi connectivity index (χ0n) is 11.8. The molecule has 0 aliphatic heterocycles. The molecule has 1 fully saturated rings. The molecular formula is C13H19F3N4O. The summed E-state index contributed by atoms with van der Waals surface area (Å²) in [4.78, 5) is 7.52. The van der Waals surface area contributed by atoms with Crippen molar-refractivity contribution in [3.05, 3.63) is 11.8 Å². The van der Waals surface area contributed by atoms with Crippen LogP contribution in [0.1, 0.15) is 38.3 Å². The first-order valence-electron chi connectivity index (χ1n) is 6.98. The van der Waals surface area contributed by atoms with Gasteiger partial charge in [0.25, 0.3) is 0 Å². The Bertz CT molecular complexity index is 487. The quantitative estimate of drug-likeness (QED) is 0.780. The van der Waals surface area contributed by atoms with E-state index in [0.29, 0.717) is 19.4 Å². The zero-order valence-corrected chi connectivity index (χ0v) is 11.8. The molecule has 2 rings (SSSR count). The van der Waals surface area contributed by atoms with E-state index < -0.39 is 17.4 Å². The van der Waals surface area contributed by atoms with Gasteiger partial charge in [0.05, 0.1) is 12.1 Å². The fourth-order valence-electron chi connectivity index (χ4n) is 2.54. The normalized spacial score (nSPS) is 17.8. The summed E-state index contributed by atoms with van der Waals surface area (Å²) >= 11 is 0. The molecule has 8 heteroatoms. The van der Waals surface area contributed by atoms with E-state index in [9.17, 15) is 18.3 Å². The van der Waals surface area contributed by atoms with Crippen LogP contribution in [0.15, 0.2) is 6.07 Å². The molecule has 118 valence electrons.